The molecular formula is C33H42F4O. The standard InChI is InChI=1S/C33H42F4O/c1-5-21-7-11-23(12-8-21)25-15-17-27(29(19-25)32(3,34)35)31(38)28-18-16-26(20-30(28)33(4,36)37)24-13-9-22(6-2)10-14-24/h15-24H,5-14H2,1-4H3. The van der Waals surface area contributed by atoms with E-state index in [0.717, 1.165) is 89.2 Å². The van der Waals surface area contributed by atoms with Gasteiger partial charge in [-0.15, -0.1) is 0 Å². The number of ketones is 1. The highest BCUT2D eigenvalue weighted by Gasteiger charge is 2.36. The number of carbonyl (C=O) groups excluding carboxylic acids is 1. The van der Waals surface area contributed by atoms with E-state index < -0.39 is 17.6 Å². The average Bonchev–Trinajstić information content (AvgIpc) is 2.91. The molecule has 2 saturated carbocycles. The van der Waals surface area contributed by atoms with Gasteiger partial charge in [0.25, 0.3) is 11.8 Å². The van der Waals surface area contributed by atoms with Crippen LogP contribution in [0.25, 0.3) is 0 Å². The van der Waals surface area contributed by atoms with E-state index in [1.54, 1.807) is 12.1 Å². The van der Waals surface area contributed by atoms with Crippen LogP contribution in [0, 0.1) is 11.8 Å². The molecule has 0 unspecified atom stereocenters. The Morgan fingerprint density at radius 3 is 1.29 bits per heavy atom. The summed E-state index contributed by atoms with van der Waals surface area (Å²) in [6.45, 7) is 5.92. The molecule has 0 amide bonds. The number of benzene rings is 2. The SMILES string of the molecule is CCC1CCC(c2ccc(C(=O)c3ccc(C4CCC(CC)CC4)cc3C(C)(F)F)c(C(C)(F)F)c2)CC1. The molecule has 0 aromatic heterocycles. The van der Waals surface area contributed by atoms with Crippen LogP contribution in [0.5, 0.6) is 0 Å². The maximum Gasteiger partial charge on any atom is 0.271 e. The second-order valence-electron chi connectivity index (χ2n) is 12.0. The molecule has 0 saturated heterocycles. The Balaban J connectivity index is 1.68. The molecule has 208 valence electrons. The third kappa shape index (κ3) is 6.34. The van der Waals surface area contributed by atoms with Gasteiger partial charge in [-0.3, -0.25) is 4.79 Å². The molecule has 0 atom stereocenters. The van der Waals surface area contributed by atoms with Crippen LogP contribution in [-0.4, -0.2) is 5.78 Å². The first-order valence-corrected chi connectivity index (χ1v) is 14.5. The number of halogens is 4. The Kier molecular flexibility index (Phi) is 8.74. The number of carbonyl (C=O) groups is 1. The smallest absolute Gasteiger partial charge is 0.271 e. The molecule has 0 N–H and O–H groups in total. The minimum atomic E-state index is -3.27. The van der Waals surface area contributed by atoms with Gasteiger partial charge in [-0.2, -0.15) is 0 Å². The lowest BCUT2D eigenvalue weighted by Crippen LogP contribution is -2.21. The molecule has 4 rings (SSSR count). The molecule has 0 heterocycles. The van der Waals surface area contributed by atoms with Crippen LogP contribution in [0.3, 0.4) is 0 Å². The van der Waals surface area contributed by atoms with Gasteiger partial charge in [-0.1, -0.05) is 51.0 Å². The summed E-state index contributed by atoms with van der Waals surface area (Å²) in [5.74, 6) is -5.58. The van der Waals surface area contributed by atoms with E-state index in [2.05, 4.69) is 13.8 Å². The fourth-order valence-corrected chi connectivity index (χ4v) is 6.71. The molecule has 2 aliphatic rings. The van der Waals surface area contributed by atoms with Crippen LogP contribution in [0.1, 0.15) is 142 Å². The lowest BCUT2D eigenvalue weighted by atomic mass is 9.76. The summed E-state index contributed by atoms with van der Waals surface area (Å²) >= 11 is 0. The first-order chi connectivity index (χ1) is 17.9. The minimum absolute atomic E-state index is 0.181. The van der Waals surface area contributed by atoms with E-state index in [4.69, 9.17) is 0 Å². The van der Waals surface area contributed by atoms with Gasteiger partial charge in [-0.25, -0.2) is 17.6 Å². The van der Waals surface area contributed by atoms with Crippen molar-refractivity contribution in [1.29, 1.82) is 0 Å². The van der Waals surface area contributed by atoms with Gasteiger partial charge in [0.15, 0.2) is 5.78 Å². The van der Waals surface area contributed by atoms with Crippen molar-refractivity contribution in [3.8, 4) is 0 Å². The minimum Gasteiger partial charge on any atom is -0.289 e. The van der Waals surface area contributed by atoms with Crippen molar-refractivity contribution in [3.05, 3.63) is 69.8 Å². The molecule has 2 aliphatic carbocycles. The van der Waals surface area contributed by atoms with Crippen molar-refractivity contribution in [3.63, 3.8) is 0 Å². The highest BCUT2D eigenvalue weighted by molar-refractivity contribution is 6.11. The van der Waals surface area contributed by atoms with Crippen LogP contribution in [-0.2, 0) is 11.8 Å². The van der Waals surface area contributed by atoms with E-state index in [1.165, 1.54) is 24.3 Å². The van der Waals surface area contributed by atoms with Crippen molar-refractivity contribution < 1.29 is 22.4 Å². The third-order valence-corrected chi connectivity index (χ3v) is 9.31. The Morgan fingerprint density at radius 1 is 0.658 bits per heavy atom. The number of hydrogen-bond donors (Lipinski definition) is 0. The number of alkyl halides is 4. The zero-order chi connectivity index (χ0) is 27.7. The van der Waals surface area contributed by atoms with E-state index in [9.17, 15) is 22.4 Å². The second-order valence-corrected chi connectivity index (χ2v) is 12.0. The summed E-state index contributed by atoms with van der Waals surface area (Å²) in [6.07, 6.45) is 10.3. The molecular weight excluding hydrogens is 488 g/mol. The molecule has 0 bridgehead atoms. The van der Waals surface area contributed by atoms with Gasteiger partial charge >= 0.3 is 0 Å². The molecule has 2 aromatic carbocycles. The van der Waals surface area contributed by atoms with Crippen LogP contribution >= 0.6 is 0 Å². The second kappa shape index (κ2) is 11.5. The molecule has 2 fully saturated rings. The first-order valence-electron chi connectivity index (χ1n) is 14.5. The summed E-state index contributed by atoms with van der Waals surface area (Å²) in [6, 6.07) is 9.29. The lowest BCUT2D eigenvalue weighted by Gasteiger charge is -2.29. The van der Waals surface area contributed by atoms with E-state index in [0.29, 0.717) is 11.8 Å². The maximum absolute atomic E-state index is 14.9. The number of hydrogen-bond acceptors (Lipinski definition) is 1. The van der Waals surface area contributed by atoms with Crippen molar-refractivity contribution in [2.45, 2.75) is 116 Å². The van der Waals surface area contributed by atoms with Crippen LogP contribution < -0.4 is 0 Å². The average molecular weight is 531 g/mol. The molecule has 5 heteroatoms. The zero-order valence-corrected chi connectivity index (χ0v) is 23.3. The summed E-state index contributed by atoms with van der Waals surface area (Å²) < 4.78 is 59.4. The molecule has 0 aliphatic heterocycles. The third-order valence-electron chi connectivity index (χ3n) is 9.31. The van der Waals surface area contributed by atoms with Gasteiger partial charge in [0.1, 0.15) is 0 Å². The van der Waals surface area contributed by atoms with Crippen molar-refractivity contribution in [1.82, 2.24) is 0 Å². The van der Waals surface area contributed by atoms with Gasteiger partial charge < -0.3 is 0 Å². The largest absolute Gasteiger partial charge is 0.289 e. The van der Waals surface area contributed by atoms with Crippen LogP contribution in [0.15, 0.2) is 36.4 Å². The number of rotatable bonds is 8. The Morgan fingerprint density at radius 2 is 1.00 bits per heavy atom. The molecule has 0 spiro atoms. The van der Waals surface area contributed by atoms with Gasteiger partial charge in [0, 0.05) is 36.1 Å². The molecule has 2 aromatic rings. The summed E-state index contributed by atoms with van der Waals surface area (Å²) in [4.78, 5) is 13.7. The molecule has 1 nitrogen and oxygen atoms in total. The van der Waals surface area contributed by atoms with Crippen molar-refractivity contribution in [2.75, 3.05) is 0 Å². The predicted molar refractivity (Wildman–Crippen MR) is 145 cm³/mol. The quantitative estimate of drug-likeness (QED) is 0.245. The van der Waals surface area contributed by atoms with E-state index >= 15 is 0 Å². The normalized spacial score (nSPS) is 24.8. The summed E-state index contributed by atoms with van der Waals surface area (Å²) in [5.41, 5.74) is 0.503. The van der Waals surface area contributed by atoms with E-state index in [-0.39, 0.29) is 34.1 Å². The Bertz CT molecular complexity index is 1020. The fraction of sp³-hybridized carbons (Fsp3) is 0.606. The predicted octanol–water partition coefficient (Wildman–Crippen LogP) is 10.5. The van der Waals surface area contributed by atoms with Gasteiger partial charge in [0.2, 0.25) is 0 Å². The van der Waals surface area contributed by atoms with Crippen LogP contribution in [0.2, 0.25) is 0 Å². The molecule has 0 radical (unpaired) electrons. The zero-order valence-electron chi connectivity index (χ0n) is 23.3. The first kappa shape index (κ1) is 28.8. The lowest BCUT2D eigenvalue weighted by molar-refractivity contribution is 0.0158. The summed E-state index contributed by atoms with van der Waals surface area (Å²) in [7, 11) is 0. The Hall–Kier alpha value is -2.17. The van der Waals surface area contributed by atoms with Crippen molar-refractivity contribution >= 4 is 5.78 Å². The molecule has 38 heavy (non-hydrogen) atoms. The summed E-state index contributed by atoms with van der Waals surface area (Å²) in [5, 5.41) is 0. The topological polar surface area (TPSA) is 17.1 Å². The highest BCUT2D eigenvalue weighted by atomic mass is 19.3. The fourth-order valence-electron chi connectivity index (χ4n) is 6.71. The van der Waals surface area contributed by atoms with Crippen molar-refractivity contribution in [2.24, 2.45) is 11.8 Å². The van der Waals surface area contributed by atoms with Gasteiger partial charge in [-0.05, 0) is 98.3 Å². The van der Waals surface area contributed by atoms with Gasteiger partial charge in [0.05, 0.1) is 0 Å². The monoisotopic (exact) mass is 530 g/mol. The maximum atomic E-state index is 14.9. The van der Waals surface area contributed by atoms with E-state index in [1.807, 2.05) is 0 Å². The van der Waals surface area contributed by atoms with Crippen LogP contribution in [0.4, 0.5) is 17.6 Å². The highest BCUT2D eigenvalue weighted by Crippen LogP contribution is 2.42. The Labute approximate surface area is 225 Å².